The van der Waals surface area contributed by atoms with E-state index >= 15 is 0 Å². The molecule has 0 spiro atoms. The minimum absolute atomic E-state index is 0.0256. The summed E-state index contributed by atoms with van der Waals surface area (Å²) in [6, 6.07) is 16.9. The van der Waals surface area contributed by atoms with Crippen LogP contribution in [0.5, 0.6) is 5.75 Å². The molecule has 3 aromatic carbocycles. The monoisotopic (exact) mass is 479 g/mol. The van der Waals surface area contributed by atoms with E-state index in [-0.39, 0.29) is 26.7 Å². The number of aromatic nitrogens is 2. The highest BCUT2D eigenvalue weighted by molar-refractivity contribution is 7.92. The van der Waals surface area contributed by atoms with Crippen molar-refractivity contribution in [2.75, 3.05) is 4.72 Å². The molecule has 1 aromatic heterocycles. The third kappa shape index (κ3) is 4.61. The summed E-state index contributed by atoms with van der Waals surface area (Å²) in [5, 5.41) is 3.00. The molecule has 0 saturated carbocycles. The Balaban J connectivity index is 1.67. The number of nitrogens with zero attached hydrogens (tertiary/aromatic N) is 1. The molecule has 7 nitrogen and oxygen atoms in total. The first-order valence-electron chi connectivity index (χ1n) is 9.26. The summed E-state index contributed by atoms with van der Waals surface area (Å²) in [6.07, 6.45) is 0. The number of aromatic amines is 1. The Labute approximate surface area is 186 Å². The molecule has 0 aliphatic heterocycles. The number of ether oxygens (including phenoxy) is 1. The molecule has 0 unspecified atom stereocenters. The maximum absolute atomic E-state index is 12.8. The predicted molar refractivity (Wildman–Crippen MR) is 117 cm³/mol. The Morgan fingerprint density at radius 2 is 1.81 bits per heavy atom. The summed E-state index contributed by atoms with van der Waals surface area (Å²) in [4.78, 5) is 12.1. The lowest BCUT2D eigenvalue weighted by atomic mass is 10.2. The molecule has 32 heavy (non-hydrogen) atoms. The highest BCUT2D eigenvalue weighted by Gasteiger charge is 2.19. The smallest absolute Gasteiger partial charge is 0.387 e. The Morgan fingerprint density at radius 1 is 1.06 bits per heavy atom. The molecule has 0 amide bonds. The zero-order valence-corrected chi connectivity index (χ0v) is 17.8. The number of benzene rings is 3. The average molecular weight is 480 g/mol. The number of H-pyrrole nitrogens is 1. The van der Waals surface area contributed by atoms with E-state index < -0.39 is 22.2 Å². The lowest BCUT2D eigenvalue weighted by Gasteiger charge is -2.12. The fourth-order valence-corrected chi connectivity index (χ4v) is 4.57. The molecule has 4 aromatic rings. The summed E-state index contributed by atoms with van der Waals surface area (Å²) in [5.41, 5.74) is 1.01. The van der Waals surface area contributed by atoms with Crippen molar-refractivity contribution in [1.82, 2.24) is 9.78 Å². The van der Waals surface area contributed by atoms with Crippen LogP contribution in [0.25, 0.3) is 10.9 Å². The van der Waals surface area contributed by atoms with Crippen LogP contribution in [0, 0.1) is 0 Å². The third-order valence-corrected chi connectivity index (χ3v) is 6.30. The van der Waals surface area contributed by atoms with Crippen LogP contribution < -0.4 is 15.0 Å². The summed E-state index contributed by atoms with van der Waals surface area (Å²) >= 11 is 6.30. The van der Waals surface area contributed by atoms with E-state index in [1.807, 2.05) is 30.3 Å². The maximum atomic E-state index is 12.8. The molecular formula is C21H16ClF2N3O4S. The molecule has 0 bridgehead atoms. The van der Waals surface area contributed by atoms with Crippen molar-refractivity contribution >= 4 is 38.2 Å². The molecule has 0 aliphatic carbocycles. The van der Waals surface area contributed by atoms with Crippen LogP contribution in [0.2, 0.25) is 5.02 Å². The molecule has 0 saturated heterocycles. The number of nitrogens with one attached hydrogen (secondary N) is 2. The van der Waals surface area contributed by atoms with Crippen molar-refractivity contribution in [3.63, 3.8) is 0 Å². The van der Waals surface area contributed by atoms with E-state index in [1.165, 1.54) is 30.3 Å². The number of hydrogen-bond acceptors (Lipinski definition) is 4. The van der Waals surface area contributed by atoms with Crippen LogP contribution in [0.3, 0.4) is 0 Å². The Hall–Kier alpha value is -3.37. The minimum atomic E-state index is -4.20. The Bertz CT molecular complexity index is 1440. The van der Waals surface area contributed by atoms with Crippen molar-refractivity contribution in [2.45, 2.75) is 18.1 Å². The number of hydrogen-bond donors (Lipinski definition) is 2. The lowest BCUT2D eigenvalue weighted by molar-refractivity contribution is -0.0499. The standard InChI is InChI=1S/C21H16ClF2N3O4S/c22-17-11-19-16(20(28)25-27(19)12-13-5-2-1-3-6-13)10-18(17)26-32(29,30)15-8-4-7-14(9-15)31-21(23)24/h1-11,21,26H,12H2,(H,25,28). The first-order chi connectivity index (χ1) is 15.2. The first kappa shape index (κ1) is 21.8. The second kappa shape index (κ2) is 8.64. The van der Waals surface area contributed by atoms with Crippen molar-refractivity contribution in [1.29, 1.82) is 0 Å². The van der Waals surface area contributed by atoms with Crippen molar-refractivity contribution < 1.29 is 21.9 Å². The van der Waals surface area contributed by atoms with Gasteiger partial charge >= 0.3 is 6.61 Å². The molecule has 4 rings (SSSR count). The van der Waals surface area contributed by atoms with Gasteiger partial charge in [0.1, 0.15) is 5.75 Å². The van der Waals surface area contributed by atoms with Gasteiger partial charge in [-0.05, 0) is 29.8 Å². The van der Waals surface area contributed by atoms with Gasteiger partial charge in [0.25, 0.3) is 15.6 Å². The van der Waals surface area contributed by atoms with Gasteiger partial charge in [0.05, 0.1) is 33.1 Å². The second-order valence-corrected chi connectivity index (χ2v) is 8.91. The van der Waals surface area contributed by atoms with E-state index in [1.54, 1.807) is 4.68 Å². The minimum Gasteiger partial charge on any atom is -0.435 e. The van der Waals surface area contributed by atoms with Crippen LogP contribution in [0.1, 0.15) is 5.56 Å². The average Bonchev–Trinajstić information content (AvgIpc) is 3.03. The van der Waals surface area contributed by atoms with Crippen LogP contribution in [-0.4, -0.2) is 24.8 Å². The van der Waals surface area contributed by atoms with Gasteiger partial charge in [-0.3, -0.25) is 19.3 Å². The van der Waals surface area contributed by atoms with Gasteiger partial charge in [-0.15, -0.1) is 0 Å². The lowest BCUT2D eigenvalue weighted by Crippen LogP contribution is -2.14. The Kier molecular flexibility index (Phi) is 5.90. The largest absolute Gasteiger partial charge is 0.435 e. The van der Waals surface area contributed by atoms with E-state index in [2.05, 4.69) is 14.6 Å². The molecule has 0 atom stereocenters. The zero-order chi connectivity index (χ0) is 22.9. The maximum Gasteiger partial charge on any atom is 0.387 e. The van der Waals surface area contributed by atoms with Gasteiger partial charge in [0.2, 0.25) is 0 Å². The number of alkyl halides is 2. The van der Waals surface area contributed by atoms with Gasteiger partial charge in [-0.2, -0.15) is 8.78 Å². The van der Waals surface area contributed by atoms with Gasteiger partial charge in [-0.25, -0.2) is 8.42 Å². The number of halogens is 3. The third-order valence-electron chi connectivity index (χ3n) is 4.63. The summed E-state index contributed by atoms with van der Waals surface area (Å²) < 4.78 is 58.5. The zero-order valence-electron chi connectivity index (χ0n) is 16.3. The topological polar surface area (TPSA) is 93.2 Å². The van der Waals surface area contributed by atoms with Crippen LogP contribution in [-0.2, 0) is 16.6 Å². The molecular weight excluding hydrogens is 464 g/mol. The van der Waals surface area contributed by atoms with E-state index in [0.717, 1.165) is 11.6 Å². The number of anilines is 1. The molecule has 166 valence electrons. The first-order valence-corrected chi connectivity index (χ1v) is 11.1. The number of rotatable bonds is 7. The molecule has 0 radical (unpaired) electrons. The summed E-state index contributed by atoms with van der Waals surface area (Å²) in [7, 11) is -4.20. The number of sulfonamides is 1. The van der Waals surface area contributed by atoms with Crippen molar-refractivity contribution in [3.05, 3.63) is 87.7 Å². The normalized spacial score (nSPS) is 11.8. The van der Waals surface area contributed by atoms with Crippen molar-refractivity contribution in [2.24, 2.45) is 0 Å². The van der Waals surface area contributed by atoms with E-state index in [9.17, 15) is 22.0 Å². The van der Waals surface area contributed by atoms with E-state index in [4.69, 9.17) is 11.6 Å². The summed E-state index contributed by atoms with van der Waals surface area (Å²) in [5.74, 6) is -0.307. The molecule has 1 heterocycles. The van der Waals surface area contributed by atoms with Crippen molar-refractivity contribution in [3.8, 4) is 5.75 Å². The highest BCUT2D eigenvalue weighted by Crippen LogP contribution is 2.30. The second-order valence-electron chi connectivity index (χ2n) is 6.82. The molecule has 0 fully saturated rings. The van der Waals surface area contributed by atoms with Gasteiger partial charge < -0.3 is 4.74 Å². The SMILES string of the molecule is O=c1[nH]n(Cc2ccccc2)c2cc(Cl)c(NS(=O)(=O)c3cccc(OC(F)F)c3)cc12. The van der Waals surface area contributed by atoms with Crippen LogP contribution in [0.4, 0.5) is 14.5 Å². The van der Waals surface area contributed by atoms with Gasteiger partial charge in [-0.1, -0.05) is 48.0 Å². The van der Waals surface area contributed by atoms with Gasteiger partial charge in [0.15, 0.2) is 0 Å². The molecule has 11 heteroatoms. The molecule has 2 N–H and O–H groups in total. The molecule has 0 aliphatic rings. The van der Waals surface area contributed by atoms with Crippen LogP contribution in [0.15, 0.2) is 76.4 Å². The highest BCUT2D eigenvalue weighted by atomic mass is 35.5. The fourth-order valence-electron chi connectivity index (χ4n) is 3.20. The van der Waals surface area contributed by atoms with Crippen LogP contribution >= 0.6 is 11.6 Å². The number of fused-ring (bicyclic) bond motifs is 1. The summed E-state index contributed by atoms with van der Waals surface area (Å²) in [6.45, 7) is -2.71. The van der Waals surface area contributed by atoms with E-state index in [0.29, 0.717) is 12.1 Å². The quantitative estimate of drug-likeness (QED) is 0.410. The predicted octanol–water partition coefficient (Wildman–Crippen LogP) is 4.43. The Morgan fingerprint density at radius 3 is 2.53 bits per heavy atom. The van der Waals surface area contributed by atoms with Gasteiger partial charge in [0, 0.05) is 6.07 Å². The fraction of sp³-hybridized carbons (Fsp3) is 0.0952.